The first kappa shape index (κ1) is 17.4. The highest BCUT2D eigenvalue weighted by Crippen LogP contribution is 2.29. The third-order valence-corrected chi connectivity index (χ3v) is 5.34. The molecule has 1 N–H and O–H groups in total. The molecule has 0 saturated carbocycles. The van der Waals surface area contributed by atoms with Gasteiger partial charge in [-0.2, -0.15) is 9.61 Å². The Kier molecular flexibility index (Phi) is 4.68. The Labute approximate surface area is 160 Å². The number of fused-ring (bicyclic) bond motifs is 1. The molecule has 2 aromatic carbocycles. The minimum Gasteiger partial charge on any atom is -0.326 e. The average molecular weight is 377 g/mol. The fourth-order valence-electron chi connectivity index (χ4n) is 2.84. The lowest BCUT2D eigenvalue weighted by Crippen LogP contribution is -2.13. The van der Waals surface area contributed by atoms with E-state index in [2.05, 4.69) is 20.6 Å². The van der Waals surface area contributed by atoms with Gasteiger partial charge in [0, 0.05) is 17.7 Å². The molecule has 0 aliphatic rings. The van der Waals surface area contributed by atoms with Gasteiger partial charge >= 0.3 is 0 Å². The predicted octanol–water partition coefficient (Wildman–Crippen LogP) is 4.04. The minimum atomic E-state index is 0.00749. The number of nitrogens with zero attached hydrogens (tertiary/aromatic N) is 4. The molecule has 136 valence electrons. The van der Waals surface area contributed by atoms with Gasteiger partial charge in [-0.25, -0.2) is 0 Å². The highest BCUT2D eigenvalue weighted by Gasteiger charge is 2.12. The zero-order valence-electron chi connectivity index (χ0n) is 15.1. The number of rotatable bonds is 5. The first-order chi connectivity index (χ1) is 13.1. The lowest BCUT2D eigenvalue weighted by atomic mass is 10.1. The van der Waals surface area contributed by atoms with Crippen molar-refractivity contribution in [3.63, 3.8) is 0 Å². The van der Waals surface area contributed by atoms with Crippen LogP contribution < -0.4 is 5.32 Å². The second kappa shape index (κ2) is 7.28. The van der Waals surface area contributed by atoms with Crippen LogP contribution in [-0.2, 0) is 11.2 Å². The molecule has 0 spiro atoms. The number of amides is 1. The Balaban J connectivity index is 1.51. The van der Waals surface area contributed by atoms with E-state index in [-0.39, 0.29) is 5.91 Å². The molecule has 0 aliphatic heterocycles. The molecule has 0 unspecified atom stereocenters. The van der Waals surface area contributed by atoms with E-state index < -0.39 is 0 Å². The Bertz CT molecular complexity index is 1100. The second-order valence-electron chi connectivity index (χ2n) is 6.41. The lowest BCUT2D eigenvalue weighted by Gasteiger charge is -2.10. The Hall–Kier alpha value is -3.06. The molecule has 2 heterocycles. The summed E-state index contributed by atoms with van der Waals surface area (Å²) < 4.78 is 1.73. The van der Waals surface area contributed by atoms with E-state index in [0.717, 1.165) is 44.6 Å². The van der Waals surface area contributed by atoms with Gasteiger partial charge in [-0.3, -0.25) is 4.79 Å². The van der Waals surface area contributed by atoms with Crippen LogP contribution in [0.3, 0.4) is 0 Å². The van der Waals surface area contributed by atoms with Gasteiger partial charge in [0.15, 0.2) is 5.82 Å². The second-order valence-corrected chi connectivity index (χ2v) is 7.37. The first-order valence-corrected chi connectivity index (χ1v) is 9.55. The maximum absolute atomic E-state index is 12.4. The highest BCUT2D eigenvalue weighted by atomic mass is 32.1. The molecule has 4 rings (SSSR count). The molecule has 0 saturated heterocycles. The number of hydrogen-bond donors (Lipinski definition) is 1. The molecule has 7 heteroatoms. The van der Waals surface area contributed by atoms with E-state index in [4.69, 9.17) is 0 Å². The van der Waals surface area contributed by atoms with Gasteiger partial charge < -0.3 is 5.32 Å². The zero-order valence-corrected chi connectivity index (χ0v) is 16.0. The molecular formula is C20H19N5OS. The molecule has 27 heavy (non-hydrogen) atoms. The van der Waals surface area contributed by atoms with Crippen molar-refractivity contribution in [3.05, 3.63) is 65.5 Å². The van der Waals surface area contributed by atoms with Crippen molar-refractivity contribution >= 4 is 27.9 Å². The lowest BCUT2D eigenvalue weighted by molar-refractivity contribution is -0.116. The standard InChI is InChI=1S/C20H19N5OS/c1-13-8-10-16(19-24-25-14(2)22-23-20(25)27-19)12-17(13)21-18(26)11-9-15-6-4-3-5-7-15/h3-8,10,12H,9,11H2,1-2H3,(H,21,26). The van der Waals surface area contributed by atoms with Crippen LogP contribution >= 0.6 is 11.3 Å². The van der Waals surface area contributed by atoms with E-state index >= 15 is 0 Å². The third kappa shape index (κ3) is 3.73. The third-order valence-electron chi connectivity index (χ3n) is 4.39. The van der Waals surface area contributed by atoms with E-state index in [1.165, 1.54) is 11.3 Å². The Morgan fingerprint density at radius 2 is 1.93 bits per heavy atom. The van der Waals surface area contributed by atoms with E-state index in [0.29, 0.717) is 6.42 Å². The Morgan fingerprint density at radius 3 is 2.70 bits per heavy atom. The molecule has 0 fully saturated rings. The van der Waals surface area contributed by atoms with Crippen LogP contribution in [0.4, 0.5) is 5.69 Å². The molecule has 0 atom stereocenters. The summed E-state index contributed by atoms with van der Waals surface area (Å²) >= 11 is 1.48. The largest absolute Gasteiger partial charge is 0.326 e. The number of nitrogens with one attached hydrogen (secondary N) is 1. The van der Waals surface area contributed by atoms with Gasteiger partial charge in [0.05, 0.1) is 0 Å². The highest BCUT2D eigenvalue weighted by molar-refractivity contribution is 7.19. The Morgan fingerprint density at radius 1 is 1.11 bits per heavy atom. The van der Waals surface area contributed by atoms with Crippen LogP contribution in [0.5, 0.6) is 0 Å². The number of hydrogen-bond acceptors (Lipinski definition) is 5. The fraction of sp³-hybridized carbons (Fsp3) is 0.200. The van der Waals surface area contributed by atoms with E-state index in [1.807, 2.05) is 62.4 Å². The normalized spacial score (nSPS) is 11.0. The van der Waals surface area contributed by atoms with Gasteiger partial charge in [0.25, 0.3) is 0 Å². The smallest absolute Gasteiger partial charge is 0.234 e. The number of aryl methyl sites for hydroxylation is 3. The summed E-state index contributed by atoms with van der Waals surface area (Å²) in [7, 11) is 0. The summed E-state index contributed by atoms with van der Waals surface area (Å²) in [4.78, 5) is 13.1. The average Bonchev–Trinajstić information content (AvgIpc) is 3.25. The maximum Gasteiger partial charge on any atom is 0.234 e. The molecule has 0 aliphatic carbocycles. The fourth-order valence-corrected chi connectivity index (χ4v) is 3.72. The monoisotopic (exact) mass is 377 g/mol. The number of carbonyl (C=O) groups excluding carboxylic acids is 1. The molecule has 6 nitrogen and oxygen atoms in total. The SMILES string of the molecule is Cc1ccc(-c2nn3c(C)nnc3s2)cc1NC(=O)CCc1ccccc1. The van der Waals surface area contributed by atoms with Gasteiger partial charge in [0.2, 0.25) is 10.9 Å². The van der Waals surface area contributed by atoms with Crippen LogP contribution in [0.25, 0.3) is 15.5 Å². The summed E-state index contributed by atoms with van der Waals surface area (Å²) in [6.07, 6.45) is 1.17. The van der Waals surface area contributed by atoms with Crippen molar-refractivity contribution in [2.45, 2.75) is 26.7 Å². The van der Waals surface area contributed by atoms with Crippen LogP contribution in [-0.4, -0.2) is 25.7 Å². The first-order valence-electron chi connectivity index (χ1n) is 8.74. The summed E-state index contributed by atoms with van der Waals surface area (Å²) in [6, 6.07) is 16.0. The quantitative estimate of drug-likeness (QED) is 0.570. The summed E-state index contributed by atoms with van der Waals surface area (Å²) in [6.45, 7) is 3.86. The van der Waals surface area contributed by atoms with Crippen LogP contribution in [0.1, 0.15) is 23.4 Å². The van der Waals surface area contributed by atoms with Gasteiger partial charge in [0.1, 0.15) is 5.01 Å². The van der Waals surface area contributed by atoms with Crippen LogP contribution in [0.2, 0.25) is 0 Å². The van der Waals surface area contributed by atoms with Gasteiger partial charge in [-0.05, 0) is 37.5 Å². The summed E-state index contributed by atoms with van der Waals surface area (Å²) in [5, 5.41) is 16.6. The van der Waals surface area contributed by atoms with Crippen molar-refractivity contribution < 1.29 is 4.79 Å². The summed E-state index contributed by atoms with van der Waals surface area (Å²) in [5.41, 5.74) is 3.95. The van der Waals surface area contributed by atoms with Crippen molar-refractivity contribution in [3.8, 4) is 10.6 Å². The number of anilines is 1. The molecular weight excluding hydrogens is 358 g/mol. The van der Waals surface area contributed by atoms with Crippen molar-refractivity contribution in [1.82, 2.24) is 19.8 Å². The maximum atomic E-state index is 12.4. The molecule has 1 amide bonds. The van der Waals surface area contributed by atoms with Gasteiger partial charge in [-0.1, -0.05) is 53.8 Å². The number of carbonyl (C=O) groups is 1. The van der Waals surface area contributed by atoms with Crippen molar-refractivity contribution in [2.24, 2.45) is 0 Å². The van der Waals surface area contributed by atoms with E-state index in [9.17, 15) is 4.79 Å². The van der Waals surface area contributed by atoms with Crippen molar-refractivity contribution in [2.75, 3.05) is 5.32 Å². The molecule has 2 aromatic heterocycles. The van der Waals surface area contributed by atoms with E-state index in [1.54, 1.807) is 4.52 Å². The number of aromatic nitrogens is 4. The van der Waals surface area contributed by atoms with Gasteiger partial charge in [-0.15, -0.1) is 10.2 Å². The minimum absolute atomic E-state index is 0.00749. The topological polar surface area (TPSA) is 72.2 Å². The van der Waals surface area contributed by atoms with Crippen molar-refractivity contribution in [1.29, 1.82) is 0 Å². The van der Waals surface area contributed by atoms with Crippen LogP contribution in [0.15, 0.2) is 48.5 Å². The number of benzene rings is 2. The predicted molar refractivity (Wildman–Crippen MR) is 107 cm³/mol. The van der Waals surface area contributed by atoms with Crippen LogP contribution in [0, 0.1) is 13.8 Å². The summed E-state index contributed by atoms with van der Waals surface area (Å²) in [5.74, 6) is 0.766. The molecule has 0 bridgehead atoms. The molecule has 0 radical (unpaired) electrons. The molecule has 4 aromatic rings. The zero-order chi connectivity index (χ0) is 18.8.